The zero-order valence-corrected chi connectivity index (χ0v) is 10.2. The number of imidazole rings is 1. The van der Waals surface area contributed by atoms with E-state index in [4.69, 9.17) is 4.98 Å². The third-order valence-electron chi connectivity index (χ3n) is 3.63. The topological polar surface area (TPSA) is 38.1 Å². The molecule has 4 heteroatoms. The van der Waals surface area contributed by atoms with E-state index in [9.17, 15) is 5.11 Å². The zero-order valence-electron chi connectivity index (χ0n) is 9.43. The van der Waals surface area contributed by atoms with Gasteiger partial charge in [0.1, 0.15) is 5.82 Å². The first-order valence-electron chi connectivity index (χ1n) is 6.18. The maximum Gasteiger partial charge on any atom is 0.109 e. The summed E-state index contributed by atoms with van der Waals surface area (Å²) in [7, 11) is 0. The number of thioether (sulfide) groups is 1. The average Bonchev–Trinajstić information content (AvgIpc) is 2.96. The van der Waals surface area contributed by atoms with Gasteiger partial charge < -0.3 is 9.67 Å². The number of fused-ring (bicyclic) bond motifs is 1. The summed E-state index contributed by atoms with van der Waals surface area (Å²) in [6, 6.07) is 0.274. The molecule has 0 amide bonds. The molecule has 3 heterocycles. The van der Waals surface area contributed by atoms with Crippen molar-refractivity contribution in [2.24, 2.45) is 0 Å². The first-order valence-corrected chi connectivity index (χ1v) is 7.23. The molecule has 1 N–H and O–H groups in total. The van der Waals surface area contributed by atoms with Gasteiger partial charge in [-0.05, 0) is 31.4 Å². The van der Waals surface area contributed by atoms with E-state index in [-0.39, 0.29) is 12.6 Å². The Morgan fingerprint density at radius 1 is 1.44 bits per heavy atom. The molecule has 3 nitrogen and oxygen atoms in total. The van der Waals surface area contributed by atoms with Crippen LogP contribution in [0, 0.1) is 0 Å². The number of aliphatic hydroxyl groups is 1. The van der Waals surface area contributed by atoms with Crippen LogP contribution < -0.4 is 0 Å². The fourth-order valence-electron chi connectivity index (χ4n) is 2.73. The van der Waals surface area contributed by atoms with Crippen molar-refractivity contribution in [3.63, 3.8) is 0 Å². The van der Waals surface area contributed by atoms with Crippen LogP contribution >= 0.6 is 11.8 Å². The fraction of sp³-hybridized carbons (Fsp3) is 0.750. The second-order valence-electron chi connectivity index (χ2n) is 4.72. The van der Waals surface area contributed by atoms with Gasteiger partial charge in [0.15, 0.2) is 0 Å². The lowest BCUT2D eigenvalue weighted by Gasteiger charge is -2.22. The Bertz CT molecular complexity index is 371. The fourth-order valence-corrected chi connectivity index (χ4v) is 3.97. The summed E-state index contributed by atoms with van der Waals surface area (Å²) >= 11 is 2.03. The Balaban J connectivity index is 1.89. The van der Waals surface area contributed by atoms with Gasteiger partial charge in [-0.3, -0.25) is 0 Å². The molecule has 0 bridgehead atoms. The number of aryl methyl sites for hydroxylation is 1. The number of hydrogen-bond donors (Lipinski definition) is 1. The van der Waals surface area contributed by atoms with Crippen LogP contribution in [0.4, 0.5) is 0 Å². The Morgan fingerprint density at radius 2 is 2.38 bits per heavy atom. The molecule has 2 unspecified atom stereocenters. The molecule has 1 aromatic rings. The van der Waals surface area contributed by atoms with Gasteiger partial charge in [-0.25, -0.2) is 4.98 Å². The molecule has 88 valence electrons. The van der Waals surface area contributed by atoms with Crippen LogP contribution in [0.15, 0.2) is 6.20 Å². The summed E-state index contributed by atoms with van der Waals surface area (Å²) in [6.45, 7) is 0.251. The summed E-state index contributed by atoms with van der Waals surface area (Å²) in [5, 5.41) is 9.97. The van der Waals surface area contributed by atoms with Gasteiger partial charge in [0.25, 0.3) is 0 Å². The van der Waals surface area contributed by atoms with Crippen molar-refractivity contribution in [2.45, 2.75) is 43.4 Å². The molecule has 0 radical (unpaired) electrons. The van der Waals surface area contributed by atoms with Gasteiger partial charge in [0.2, 0.25) is 0 Å². The van der Waals surface area contributed by atoms with Crippen molar-refractivity contribution in [2.75, 3.05) is 12.4 Å². The van der Waals surface area contributed by atoms with E-state index in [1.165, 1.54) is 36.5 Å². The van der Waals surface area contributed by atoms with Crippen LogP contribution in [0.5, 0.6) is 0 Å². The predicted octanol–water partition coefficient (Wildman–Crippen LogP) is 2.32. The van der Waals surface area contributed by atoms with Crippen molar-refractivity contribution in [3.05, 3.63) is 17.7 Å². The molecule has 0 aromatic carbocycles. The third kappa shape index (κ3) is 1.78. The lowest BCUT2D eigenvalue weighted by Crippen LogP contribution is -2.20. The Morgan fingerprint density at radius 3 is 3.12 bits per heavy atom. The quantitative estimate of drug-likeness (QED) is 0.859. The highest BCUT2D eigenvalue weighted by Crippen LogP contribution is 2.40. The Kier molecular flexibility index (Phi) is 2.94. The molecule has 0 aliphatic carbocycles. The monoisotopic (exact) mass is 238 g/mol. The second-order valence-corrected chi connectivity index (χ2v) is 6.03. The molecule has 1 fully saturated rings. The van der Waals surface area contributed by atoms with Gasteiger partial charge >= 0.3 is 0 Å². The van der Waals surface area contributed by atoms with Crippen LogP contribution in [0.3, 0.4) is 0 Å². The molecule has 2 aliphatic heterocycles. The predicted molar refractivity (Wildman–Crippen MR) is 65.7 cm³/mol. The molecule has 16 heavy (non-hydrogen) atoms. The van der Waals surface area contributed by atoms with Crippen molar-refractivity contribution in [1.29, 1.82) is 0 Å². The van der Waals surface area contributed by atoms with Crippen LogP contribution in [0.25, 0.3) is 0 Å². The molecular formula is C12H18N2OS. The highest BCUT2D eigenvalue weighted by atomic mass is 32.2. The third-order valence-corrected chi connectivity index (χ3v) is 5.03. The molecule has 0 saturated carbocycles. The minimum absolute atomic E-state index is 0.251. The van der Waals surface area contributed by atoms with Gasteiger partial charge in [-0.1, -0.05) is 0 Å². The highest BCUT2D eigenvalue weighted by Gasteiger charge is 2.25. The van der Waals surface area contributed by atoms with E-state index in [2.05, 4.69) is 10.8 Å². The van der Waals surface area contributed by atoms with Gasteiger partial charge in [-0.2, -0.15) is 11.8 Å². The molecule has 1 saturated heterocycles. The molecular weight excluding hydrogens is 220 g/mol. The molecule has 2 atom stereocenters. The SMILES string of the molecule is OCC1CCCc2nc(C3CCCS3)cn21. The minimum atomic E-state index is 0.251. The van der Waals surface area contributed by atoms with Crippen molar-refractivity contribution < 1.29 is 5.11 Å². The molecule has 2 aliphatic rings. The van der Waals surface area contributed by atoms with Crippen molar-refractivity contribution >= 4 is 11.8 Å². The largest absolute Gasteiger partial charge is 0.394 e. The van der Waals surface area contributed by atoms with Crippen LogP contribution in [0.2, 0.25) is 0 Å². The average molecular weight is 238 g/mol. The number of aliphatic hydroxyl groups excluding tert-OH is 1. The minimum Gasteiger partial charge on any atom is -0.394 e. The Hall–Kier alpha value is -0.480. The van der Waals surface area contributed by atoms with E-state index in [0.29, 0.717) is 5.25 Å². The van der Waals surface area contributed by atoms with Crippen LogP contribution in [-0.2, 0) is 6.42 Å². The molecule has 1 aromatic heterocycles. The summed E-state index contributed by atoms with van der Waals surface area (Å²) in [4.78, 5) is 4.76. The summed E-state index contributed by atoms with van der Waals surface area (Å²) in [5.74, 6) is 2.46. The number of rotatable bonds is 2. The zero-order chi connectivity index (χ0) is 11.0. The second kappa shape index (κ2) is 4.41. The van der Waals surface area contributed by atoms with Gasteiger partial charge in [0.05, 0.1) is 18.3 Å². The number of hydrogen-bond acceptors (Lipinski definition) is 3. The summed E-state index contributed by atoms with van der Waals surface area (Å²) in [6.07, 6.45) is 8.12. The lowest BCUT2D eigenvalue weighted by molar-refractivity contribution is 0.206. The Labute approximate surface area is 100 Å². The van der Waals surface area contributed by atoms with Crippen molar-refractivity contribution in [1.82, 2.24) is 9.55 Å². The van der Waals surface area contributed by atoms with E-state index in [1.54, 1.807) is 0 Å². The maximum absolute atomic E-state index is 9.36. The molecule has 3 rings (SSSR count). The summed E-state index contributed by atoms with van der Waals surface area (Å²) in [5.41, 5.74) is 1.25. The van der Waals surface area contributed by atoms with Crippen molar-refractivity contribution in [3.8, 4) is 0 Å². The first kappa shape index (κ1) is 10.7. The van der Waals surface area contributed by atoms with E-state index in [1.807, 2.05) is 11.8 Å². The number of nitrogens with zero attached hydrogens (tertiary/aromatic N) is 2. The van der Waals surface area contributed by atoms with E-state index >= 15 is 0 Å². The smallest absolute Gasteiger partial charge is 0.109 e. The van der Waals surface area contributed by atoms with Crippen LogP contribution in [0.1, 0.15) is 48.5 Å². The normalized spacial score (nSPS) is 29.3. The van der Waals surface area contributed by atoms with E-state index < -0.39 is 0 Å². The van der Waals surface area contributed by atoms with E-state index in [0.717, 1.165) is 12.8 Å². The highest BCUT2D eigenvalue weighted by molar-refractivity contribution is 7.99. The molecule has 0 spiro atoms. The van der Waals surface area contributed by atoms with Gasteiger partial charge in [0, 0.05) is 17.9 Å². The first-order chi connectivity index (χ1) is 7.88. The standard InChI is InChI=1S/C12H18N2OS/c15-8-9-3-1-5-12-13-10(7-14(9)12)11-4-2-6-16-11/h7,9,11,15H,1-6,8H2. The number of aromatic nitrogens is 2. The lowest BCUT2D eigenvalue weighted by atomic mass is 10.1. The summed E-state index contributed by atoms with van der Waals surface area (Å²) < 4.78 is 2.22. The maximum atomic E-state index is 9.36. The van der Waals surface area contributed by atoms with Gasteiger partial charge in [-0.15, -0.1) is 0 Å². The van der Waals surface area contributed by atoms with Crippen LogP contribution in [-0.4, -0.2) is 27.0 Å².